The SMILES string of the molecule is O=C1c2cccc3c(N(Cc4ccccn4)Cc4ccccn4)ccc(c23)C(=O)N1c1ccc(NCCN(Cc2ccccn2)Cc2ccccn2)cc1. The molecule has 266 valence electrons. The molecule has 0 atom stereocenters. The van der Waals surface area contributed by atoms with Gasteiger partial charge in [-0.15, -0.1) is 0 Å². The Morgan fingerprint density at radius 1 is 0.519 bits per heavy atom. The molecule has 5 heterocycles. The van der Waals surface area contributed by atoms with Gasteiger partial charge in [-0.25, -0.2) is 4.90 Å². The van der Waals surface area contributed by atoms with Crippen LogP contribution in [0.2, 0.25) is 0 Å². The van der Waals surface area contributed by atoms with E-state index in [-0.39, 0.29) is 11.8 Å². The second-order valence-electron chi connectivity index (χ2n) is 13.1. The predicted octanol–water partition coefficient (Wildman–Crippen LogP) is 7.54. The van der Waals surface area contributed by atoms with E-state index in [2.05, 4.69) is 35.1 Å². The van der Waals surface area contributed by atoms with Crippen LogP contribution in [-0.2, 0) is 26.2 Å². The van der Waals surface area contributed by atoms with Crippen LogP contribution < -0.4 is 15.1 Å². The molecule has 8 rings (SSSR count). The minimum Gasteiger partial charge on any atom is -0.384 e. The van der Waals surface area contributed by atoms with Gasteiger partial charge in [0.2, 0.25) is 0 Å². The molecule has 0 radical (unpaired) electrons. The number of benzene rings is 3. The van der Waals surface area contributed by atoms with Gasteiger partial charge in [0, 0.05) is 84.2 Å². The highest BCUT2D eigenvalue weighted by molar-refractivity contribution is 6.36. The van der Waals surface area contributed by atoms with E-state index in [4.69, 9.17) is 0 Å². The molecule has 4 aromatic heterocycles. The molecule has 1 aliphatic rings. The van der Waals surface area contributed by atoms with Crippen LogP contribution in [0.25, 0.3) is 10.8 Å². The molecule has 0 spiro atoms. The van der Waals surface area contributed by atoms with Gasteiger partial charge in [0.25, 0.3) is 11.8 Å². The summed E-state index contributed by atoms with van der Waals surface area (Å²) < 4.78 is 0. The van der Waals surface area contributed by atoms with Crippen LogP contribution in [0.3, 0.4) is 0 Å². The summed E-state index contributed by atoms with van der Waals surface area (Å²) in [6.45, 7) is 3.87. The summed E-state index contributed by atoms with van der Waals surface area (Å²) in [4.78, 5) is 52.2. The fourth-order valence-corrected chi connectivity index (χ4v) is 6.93. The van der Waals surface area contributed by atoms with Crippen molar-refractivity contribution in [3.8, 4) is 0 Å². The molecule has 1 N–H and O–H groups in total. The molecule has 54 heavy (non-hydrogen) atoms. The zero-order valence-corrected chi connectivity index (χ0v) is 29.6. The quantitative estimate of drug-likeness (QED) is 0.115. The maximum atomic E-state index is 14.1. The van der Waals surface area contributed by atoms with Crippen LogP contribution in [0.1, 0.15) is 43.5 Å². The van der Waals surface area contributed by atoms with E-state index >= 15 is 0 Å². The van der Waals surface area contributed by atoms with Crippen LogP contribution in [-0.4, -0.2) is 49.7 Å². The number of aromatic nitrogens is 4. The van der Waals surface area contributed by atoms with Gasteiger partial charge in [-0.1, -0.05) is 36.4 Å². The number of pyridine rings is 4. The summed E-state index contributed by atoms with van der Waals surface area (Å²) in [5, 5.41) is 4.99. The van der Waals surface area contributed by atoms with Gasteiger partial charge in [0.1, 0.15) is 0 Å². The van der Waals surface area contributed by atoms with E-state index in [1.54, 1.807) is 18.5 Å². The third-order valence-electron chi connectivity index (χ3n) is 9.49. The van der Waals surface area contributed by atoms with Gasteiger partial charge in [0.05, 0.1) is 41.6 Å². The largest absolute Gasteiger partial charge is 0.384 e. The Labute approximate surface area is 313 Å². The van der Waals surface area contributed by atoms with E-state index in [9.17, 15) is 9.59 Å². The molecule has 10 heteroatoms. The average molecular weight is 711 g/mol. The molecule has 0 saturated heterocycles. The summed E-state index contributed by atoms with van der Waals surface area (Å²) in [5.41, 5.74) is 7.07. The molecule has 0 unspecified atom stereocenters. The normalized spacial score (nSPS) is 12.4. The Hall–Kier alpha value is -6.78. The Balaban J connectivity index is 1.00. The maximum absolute atomic E-state index is 14.1. The van der Waals surface area contributed by atoms with E-state index in [0.717, 1.165) is 46.1 Å². The zero-order chi connectivity index (χ0) is 36.7. The van der Waals surface area contributed by atoms with Crippen LogP contribution in [0.4, 0.5) is 17.1 Å². The average Bonchev–Trinajstić information content (AvgIpc) is 3.21. The van der Waals surface area contributed by atoms with Crippen molar-refractivity contribution in [2.75, 3.05) is 28.2 Å². The summed E-state index contributed by atoms with van der Waals surface area (Å²) in [6.07, 6.45) is 7.19. The molecule has 10 nitrogen and oxygen atoms in total. The summed E-state index contributed by atoms with van der Waals surface area (Å²) in [5.74, 6) is -0.701. The first-order valence-electron chi connectivity index (χ1n) is 18.0. The van der Waals surface area contributed by atoms with Gasteiger partial charge in [-0.2, -0.15) is 0 Å². The second kappa shape index (κ2) is 15.9. The Kier molecular flexibility index (Phi) is 10.1. The zero-order valence-electron chi connectivity index (χ0n) is 29.6. The number of imide groups is 1. The van der Waals surface area contributed by atoms with Gasteiger partial charge in [0.15, 0.2) is 0 Å². The second-order valence-corrected chi connectivity index (χ2v) is 13.1. The van der Waals surface area contributed by atoms with E-state index < -0.39 is 0 Å². The highest BCUT2D eigenvalue weighted by Crippen LogP contribution is 2.38. The molecular weight excluding hydrogens is 673 g/mol. The topological polar surface area (TPSA) is 107 Å². The van der Waals surface area contributed by atoms with Gasteiger partial charge < -0.3 is 10.2 Å². The predicted molar refractivity (Wildman–Crippen MR) is 211 cm³/mol. The summed E-state index contributed by atoms with van der Waals surface area (Å²) >= 11 is 0. The van der Waals surface area contributed by atoms with E-state index in [1.165, 1.54) is 4.90 Å². The van der Waals surface area contributed by atoms with Crippen LogP contribution >= 0.6 is 0 Å². The summed E-state index contributed by atoms with van der Waals surface area (Å²) in [6, 6.07) is 40.5. The lowest BCUT2D eigenvalue weighted by molar-refractivity contribution is 0.0893. The lowest BCUT2D eigenvalue weighted by Crippen LogP contribution is -2.40. The lowest BCUT2D eigenvalue weighted by atomic mass is 9.92. The van der Waals surface area contributed by atoms with Crippen molar-refractivity contribution < 1.29 is 9.59 Å². The maximum Gasteiger partial charge on any atom is 0.265 e. The monoisotopic (exact) mass is 710 g/mol. The molecule has 1 aliphatic heterocycles. The van der Waals surface area contributed by atoms with Crippen molar-refractivity contribution in [2.24, 2.45) is 0 Å². The number of carbonyl (C=O) groups is 2. The van der Waals surface area contributed by atoms with Crippen LogP contribution in [0.5, 0.6) is 0 Å². The van der Waals surface area contributed by atoms with Crippen LogP contribution in [0.15, 0.2) is 152 Å². The molecule has 2 amide bonds. The molecule has 0 fully saturated rings. The van der Waals surface area contributed by atoms with Crippen molar-refractivity contribution in [1.29, 1.82) is 0 Å². The minimum atomic E-state index is -0.350. The molecule has 0 aliphatic carbocycles. The van der Waals surface area contributed by atoms with Gasteiger partial charge in [-0.3, -0.25) is 34.4 Å². The molecule has 3 aromatic carbocycles. The van der Waals surface area contributed by atoms with E-state index in [0.29, 0.717) is 54.9 Å². The number of rotatable bonds is 14. The minimum absolute atomic E-state index is 0.350. The number of nitrogens with one attached hydrogen (secondary N) is 1. The first-order chi connectivity index (χ1) is 26.6. The number of hydrogen-bond donors (Lipinski definition) is 1. The van der Waals surface area contributed by atoms with Crippen molar-refractivity contribution in [1.82, 2.24) is 24.8 Å². The fourth-order valence-electron chi connectivity index (χ4n) is 6.93. The lowest BCUT2D eigenvalue weighted by Gasteiger charge is -2.30. The third-order valence-corrected chi connectivity index (χ3v) is 9.49. The Morgan fingerprint density at radius 2 is 1.04 bits per heavy atom. The highest BCUT2D eigenvalue weighted by Gasteiger charge is 2.35. The number of amides is 2. The standard InChI is InChI=1S/C44H38N8O2/c53-43-39-15-9-14-38-41(51(30-35-12-3-7-24-47-35)31-36-13-4-8-25-48-36)21-20-40(42(38)39)44(54)52(43)37-18-16-32(17-19-37)49-26-27-50(28-33-10-1-5-22-45-33)29-34-11-2-6-23-46-34/h1-25,49H,26-31H2. The van der Waals surface area contributed by atoms with Crippen molar-refractivity contribution in [3.63, 3.8) is 0 Å². The third kappa shape index (κ3) is 7.55. The van der Waals surface area contributed by atoms with Crippen molar-refractivity contribution in [2.45, 2.75) is 26.2 Å². The number of nitrogens with zero attached hydrogens (tertiary/aromatic N) is 7. The molecule has 7 aromatic rings. The number of hydrogen-bond acceptors (Lipinski definition) is 9. The smallest absolute Gasteiger partial charge is 0.265 e. The number of carbonyl (C=O) groups excluding carboxylic acids is 2. The van der Waals surface area contributed by atoms with Crippen molar-refractivity contribution in [3.05, 3.63) is 186 Å². The highest BCUT2D eigenvalue weighted by atomic mass is 16.2. The first kappa shape index (κ1) is 34.3. The molecule has 0 saturated carbocycles. The Morgan fingerprint density at radius 3 is 1.56 bits per heavy atom. The summed E-state index contributed by atoms with van der Waals surface area (Å²) in [7, 11) is 0. The van der Waals surface area contributed by atoms with Crippen LogP contribution in [0, 0.1) is 0 Å². The first-order valence-corrected chi connectivity index (χ1v) is 18.0. The van der Waals surface area contributed by atoms with Gasteiger partial charge in [-0.05, 0) is 91.0 Å². The van der Waals surface area contributed by atoms with E-state index in [1.807, 2.05) is 134 Å². The van der Waals surface area contributed by atoms with Gasteiger partial charge >= 0.3 is 0 Å². The molecular formula is C44H38N8O2. The molecule has 0 bridgehead atoms. The number of anilines is 3. The Bertz CT molecular complexity index is 2260. The van der Waals surface area contributed by atoms with Crippen molar-refractivity contribution >= 4 is 39.6 Å². The fraction of sp³-hybridized carbons (Fsp3) is 0.136.